The van der Waals surface area contributed by atoms with Gasteiger partial charge in [-0.2, -0.15) is 0 Å². The van der Waals surface area contributed by atoms with Crippen molar-refractivity contribution in [2.45, 2.75) is 65.0 Å². The highest BCUT2D eigenvalue weighted by molar-refractivity contribution is 5.56. The predicted octanol–water partition coefficient (Wildman–Crippen LogP) is 4.67. The summed E-state index contributed by atoms with van der Waals surface area (Å²) in [5.74, 6) is 0.389. The number of aliphatic hydroxyl groups excluding tert-OH is 1. The van der Waals surface area contributed by atoms with Gasteiger partial charge in [-0.25, -0.2) is 4.39 Å². The first-order valence-corrected chi connectivity index (χ1v) is 8.23. The Morgan fingerprint density at radius 1 is 1.24 bits per heavy atom. The molecular weight excluding hydrogens is 265 g/mol. The van der Waals surface area contributed by atoms with E-state index in [2.05, 4.69) is 18.7 Å². The number of nitrogens with zero attached hydrogens (tertiary/aromatic N) is 1. The lowest BCUT2D eigenvalue weighted by molar-refractivity contribution is 0.199. The molecule has 1 unspecified atom stereocenters. The summed E-state index contributed by atoms with van der Waals surface area (Å²) in [6.07, 6.45) is 5.11. The van der Waals surface area contributed by atoms with Crippen LogP contribution in [0, 0.1) is 11.7 Å². The summed E-state index contributed by atoms with van der Waals surface area (Å²) in [4.78, 5) is 2.23. The minimum Gasteiger partial charge on any atom is -0.389 e. The van der Waals surface area contributed by atoms with Crippen molar-refractivity contribution in [2.75, 3.05) is 11.4 Å². The van der Waals surface area contributed by atoms with E-state index < -0.39 is 6.10 Å². The van der Waals surface area contributed by atoms with E-state index in [-0.39, 0.29) is 5.82 Å². The number of halogens is 1. The molecule has 0 saturated heterocycles. The monoisotopic (exact) mass is 293 g/mol. The van der Waals surface area contributed by atoms with Crippen molar-refractivity contribution in [3.05, 3.63) is 29.6 Å². The largest absolute Gasteiger partial charge is 0.389 e. The molecule has 3 heteroatoms. The van der Waals surface area contributed by atoms with Crippen LogP contribution in [0.3, 0.4) is 0 Å². The lowest BCUT2D eigenvalue weighted by Gasteiger charge is -2.34. The quantitative estimate of drug-likeness (QED) is 0.823. The molecule has 2 rings (SSSR count). The zero-order chi connectivity index (χ0) is 15.4. The molecule has 1 aromatic rings. The highest BCUT2D eigenvalue weighted by Crippen LogP contribution is 2.35. The molecule has 1 fully saturated rings. The standard InChI is InChI=1S/C18H28FNO/c1-13(2)11-12-20(15-7-4-5-8-15)18-16(14(3)21)9-6-10-17(18)19/h6,9-10,13-15,21H,4-5,7-8,11-12H2,1-3H3. The predicted molar refractivity (Wildman–Crippen MR) is 86.1 cm³/mol. The number of benzene rings is 1. The Morgan fingerprint density at radius 3 is 2.48 bits per heavy atom. The molecule has 1 saturated carbocycles. The van der Waals surface area contributed by atoms with Crippen molar-refractivity contribution in [3.63, 3.8) is 0 Å². The highest BCUT2D eigenvalue weighted by Gasteiger charge is 2.27. The number of para-hydroxylation sites is 1. The third kappa shape index (κ3) is 3.97. The second kappa shape index (κ2) is 7.26. The summed E-state index contributed by atoms with van der Waals surface area (Å²) in [5, 5.41) is 10.0. The van der Waals surface area contributed by atoms with Gasteiger partial charge in [-0.3, -0.25) is 0 Å². The van der Waals surface area contributed by atoms with Crippen LogP contribution in [-0.4, -0.2) is 17.7 Å². The van der Waals surface area contributed by atoms with Gasteiger partial charge in [0, 0.05) is 18.2 Å². The Balaban J connectivity index is 2.35. The van der Waals surface area contributed by atoms with E-state index in [1.807, 2.05) is 6.07 Å². The Morgan fingerprint density at radius 2 is 1.90 bits per heavy atom. The van der Waals surface area contributed by atoms with Gasteiger partial charge in [0.2, 0.25) is 0 Å². The first-order valence-electron chi connectivity index (χ1n) is 8.23. The maximum Gasteiger partial charge on any atom is 0.146 e. The first kappa shape index (κ1) is 16.3. The fourth-order valence-corrected chi connectivity index (χ4v) is 3.26. The van der Waals surface area contributed by atoms with Gasteiger partial charge in [-0.15, -0.1) is 0 Å². The molecule has 1 aliphatic carbocycles. The van der Waals surface area contributed by atoms with Crippen molar-refractivity contribution in [3.8, 4) is 0 Å². The molecule has 0 amide bonds. The second-order valence-electron chi connectivity index (χ2n) is 6.67. The molecular formula is C18H28FNO. The number of anilines is 1. The molecule has 2 nitrogen and oxygen atoms in total. The maximum absolute atomic E-state index is 14.5. The number of hydrogen-bond donors (Lipinski definition) is 1. The lowest BCUT2D eigenvalue weighted by Crippen LogP contribution is -2.36. The van der Waals surface area contributed by atoms with E-state index in [9.17, 15) is 9.50 Å². The van der Waals surface area contributed by atoms with Crippen LogP contribution >= 0.6 is 0 Å². The fourth-order valence-electron chi connectivity index (χ4n) is 3.26. The van der Waals surface area contributed by atoms with E-state index in [0.29, 0.717) is 23.2 Å². The molecule has 0 spiro atoms. The van der Waals surface area contributed by atoms with Gasteiger partial charge in [0.05, 0.1) is 11.8 Å². The van der Waals surface area contributed by atoms with E-state index in [1.165, 1.54) is 18.9 Å². The summed E-state index contributed by atoms with van der Waals surface area (Å²) < 4.78 is 14.5. The van der Waals surface area contributed by atoms with Crippen LogP contribution < -0.4 is 4.90 Å². The number of aliphatic hydroxyl groups is 1. The van der Waals surface area contributed by atoms with E-state index >= 15 is 0 Å². The van der Waals surface area contributed by atoms with Crippen LogP contribution in [0.5, 0.6) is 0 Å². The van der Waals surface area contributed by atoms with Gasteiger partial charge in [-0.1, -0.05) is 38.8 Å². The van der Waals surface area contributed by atoms with Crippen molar-refractivity contribution in [1.82, 2.24) is 0 Å². The minimum atomic E-state index is -0.640. The molecule has 0 bridgehead atoms. The smallest absolute Gasteiger partial charge is 0.146 e. The second-order valence-corrected chi connectivity index (χ2v) is 6.67. The van der Waals surface area contributed by atoms with Gasteiger partial charge < -0.3 is 10.0 Å². The van der Waals surface area contributed by atoms with Crippen LogP contribution in [0.4, 0.5) is 10.1 Å². The Labute approximate surface area is 128 Å². The van der Waals surface area contributed by atoms with Crippen molar-refractivity contribution < 1.29 is 9.50 Å². The van der Waals surface area contributed by atoms with Crippen LogP contribution in [0.1, 0.15) is 64.5 Å². The summed E-state index contributed by atoms with van der Waals surface area (Å²) in [5.41, 5.74) is 1.34. The van der Waals surface area contributed by atoms with Gasteiger partial charge in [0.15, 0.2) is 0 Å². The SMILES string of the molecule is CC(C)CCN(c1c(F)cccc1C(C)O)C1CCCC1. The van der Waals surface area contributed by atoms with Gasteiger partial charge in [0.1, 0.15) is 5.82 Å². The summed E-state index contributed by atoms with van der Waals surface area (Å²) in [6, 6.07) is 5.47. The van der Waals surface area contributed by atoms with Gasteiger partial charge in [-0.05, 0) is 38.2 Å². The number of hydrogen-bond acceptors (Lipinski definition) is 2. The van der Waals surface area contributed by atoms with Crippen LogP contribution in [0.15, 0.2) is 18.2 Å². The molecule has 0 aliphatic heterocycles. The van der Waals surface area contributed by atoms with Crippen LogP contribution in [-0.2, 0) is 0 Å². The molecule has 1 N–H and O–H groups in total. The Hall–Kier alpha value is -1.09. The normalized spacial score (nSPS) is 17.4. The van der Waals surface area contributed by atoms with E-state index in [0.717, 1.165) is 25.8 Å². The third-order valence-electron chi connectivity index (χ3n) is 4.47. The fraction of sp³-hybridized carbons (Fsp3) is 0.667. The van der Waals surface area contributed by atoms with Crippen molar-refractivity contribution in [2.24, 2.45) is 5.92 Å². The molecule has 0 aromatic heterocycles. The zero-order valence-corrected chi connectivity index (χ0v) is 13.5. The zero-order valence-electron chi connectivity index (χ0n) is 13.5. The molecule has 0 radical (unpaired) electrons. The average Bonchev–Trinajstić information content (AvgIpc) is 2.93. The van der Waals surface area contributed by atoms with Crippen molar-refractivity contribution >= 4 is 5.69 Å². The van der Waals surface area contributed by atoms with Crippen LogP contribution in [0.25, 0.3) is 0 Å². The van der Waals surface area contributed by atoms with Crippen LogP contribution in [0.2, 0.25) is 0 Å². The molecule has 118 valence electrons. The summed E-state index contributed by atoms with van der Waals surface area (Å²) in [7, 11) is 0. The lowest BCUT2D eigenvalue weighted by atomic mass is 10.0. The van der Waals surface area contributed by atoms with Gasteiger partial charge in [0.25, 0.3) is 0 Å². The molecule has 1 aromatic carbocycles. The van der Waals surface area contributed by atoms with E-state index in [4.69, 9.17) is 0 Å². The van der Waals surface area contributed by atoms with Gasteiger partial charge >= 0.3 is 0 Å². The molecule has 0 heterocycles. The van der Waals surface area contributed by atoms with E-state index in [1.54, 1.807) is 13.0 Å². The first-order chi connectivity index (χ1) is 10.0. The average molecular weight is 293 g/mol. The maximum atomic E-state index is 14.5. The summed E-state index contributed by atoms with van der Waals surface area (Å²) in [6.45, 7) is 6.98. The molecule has 1 aliphatic rings. The Kier molecular flexibility index (Phi) is 5.63. The minimum absolute atomic E-state index is 0.205. The number of rotatable bonds is 6. The molecule has 1 atom stereocenters. The topological polar surface area (TPSA) is 23.5 Å². The summed E-state index contributed by atoms with van der Waals surface area (Å²) >= 11 is 0. The Bertz CT molecular complexity index is 453. The third-order valence-corrected chi connectivity index (χ3v) is 4.47. The van der Waals surface area contributed by atoms with Crippen molar-refractivity contribution in [1.29, 1.82) is 0 Å². The molecule has 21 heavy (non-hydrogen) atoms. The highest BCUT2D eigenvalue weighted by atomic mass is 19.1.